The summed E-state index contributed by atoms with van der Waals surface area (Å²) in [5.74, 6) is 0. The Hall–Kier alpha value is -1.69. The van der Waals surface area contributed by atoms with Crippen LogP contribution in [0.3, 0.4) is 0 Å². The molecular weight excluding hydrogens is 284 g/mol. The van der Waals surface area contributed by atoms with E-state index in [1.807, 2.05) is 0 Å². The Morgan fingerprint density at radius 2 is 1.79 bits per heavy atom. The lowest BCUT2D eigenvalue weighted by Gasteiger charge is -2.04. The van der Waals surface area contributed by atoms with Crippen LogP contribution in [0.4, 0.5) is 17.6 Å². The predicted molar refractivity (Wildman–Crippen MR) is 63.3 cm³/mol. The highest BCUT2D eigenvalue weighted by Crippen LogP contribution is 2.28. The zero-order chi connectivity index (χ0) is 14.3. The predicted octanol–water partition coefficient (Wildman–Crippen LogP) is 4.30. The molecule has 2 heterocycles. The van der Waals surface area contributed by atoms with Gasteiger partial charge in [0.15, 0.2) is 0 Å². The molecule has 0 spiro atoms. The van der Waals surface area contributed by atoms with Gasteiger partial charge >= 0.3 is 6.18 Å². The zero-order valence-corrected chi connectivity index (χ0v) is 10.3. The topological polar surface area (TPSA) is 25.8 Å². The largest absolute Gasteiger partial charge is 0.417 e. The first-order chi connectivity index (χ1) is 8.93. The summed E-state index contributed by atoms with van der Waals surface area (Å²) >= 11 is 5.28. The molecule has 0 saturated heterocycles. The van der Waals surface area contributed by atoms with Gasteiger partial charge in [-0.3, -0.25) is 4.98 Å². The maximum atomic E-state index is 11.8. The van der Waals surface area contributed by atoms with E-state index in [-0.39, 0.29) is 5.15 Å². The Labute approximate surface area is 112 Å². The molecule has 2 nitrogen and oxygen atoms in total. The van der Waals surface area contributed by atoms with Gasteiger partial charge in [-0.25, -0.2) is 9.37 Å². The average Bonchev–Trinajstić information content (AvgIpc) is 2.40. The lowest BCUT2D eigenvalue weighted by atomic mass is 10.3. The van der Waals surface area contributed by atoms with Crippen molar-refractivity contribution >= 4 is 11.6 Å². The van der Waals surface area contributed by atoms with Crippen LogP contribution < -0.4 is 0 Å². The summed E-state index contributed by atoms with van der Waals surface area (Å²) < 4.78 is 47.2. The van der Waals surface area contributed by atoms with Crippen LogP contribution in [0.5, 0.6) is 0 Å². The summed E-state index contributed by atoms with van der Waals surface area (Å²) in [7, 11) is 0. The summed E-state index contributed by atoms with van der Waals surface area (Å²) in [6.07, 6.45) is -2.06. The second-order valence-electron chi connectivity index (χ2n) is 3.32. The van der Waals surface area contributed by atoms with Gasteiger partial charge in [-0.15, -0.1) is 0 Å². The number of hydrogen-bond acceptors (Lipinski definition) is 2. The number of halogens is 5. The van der Waals surface area contributed by atoms with E-state index in [4.69, 9.17) is 11.6 Å². The quantitative estimate of drug-likeness (QED) is 0.578. The van der Waals surface area contributed by atoms with Crippen molar-refractivity contribution in [3.63, 3.8) is 0 Å². The van der Waals surface area contributed by atoms with Gasteiger partial charge in [0.2, 0.25) is 0 Å². The second-order valence-corrected chi connectivity index (χ2v) is 3.71. The van der Waals surface area contributed by atoms with Crippen LogP contribution in [0.2, 0.25) is 5.15 Å². The molecule has 2 rings (SSSR count). The first-order valence-electron chi connectivity index (χ1n) is 5.08. The molecule has 0 unspecified atom stereocenters. The van der Waals surface area contributed by atoms with E-state index in [1.54, 1.807) is 24.4 Å². The Morgan fingerprint density at radius 1 is 1.05 bits per heavy atom. The molecule has 0 N–H and O–H groups in total. The maximum Gasteiger partial charge on any atom is 0.417 e. The third-order valence-electron chi connectivity index (χ3n) is 1.92. The fourth-order valence-electron chi connectivity index (χ4n) is 1.02. The van der Waals surface area contributed by atoms with Crippen LogP contribution in [0.1, 0.15) is 11.3 Å². The minimum absolute atomic E-state index is 0.0537. The molecular formula is C12H9ClF4N2. The van der Waals surface area contributed by atoms with Crippen molar-refractivity contribution in [3.8, 4) is 0 Å². The highest BCUT2D eigenvalue weighted by atomic mass is 35.5. The molecule has 0 aliphatic rings. The fourth-order valence-corrected chi connectivity index (χ4v) is 1.13. The molecule has 0 aromatic carbocycles. The smallest absolute Gasteiger partial charge is 0.259 e. The van der Waals surface area contributed by atoms with Crippen molar-refractivity contribution in [1.29, 1.82) is 0 Å². The summed E-state index contributed by atoms with van der Waals surface area (Å²) in [6.45, 7) is -0.471. The van der Waals surface area contributed by atoms with Crippen molar-refractivity contribution in [1.82, 2.24) is 9.97 Å². The standard InChI is InChI=1S/C6H3ClF3N.C6H6FN/c7-5-2-1-4(3-11-5)6(8,9)10;7-5-6-3-1-2-4-8-6/h1-3H;1-4H,5H2. The first-order valence-corrected chi connectivity index (χ1v) is 5.46. The zero-order valence-electron chi connectivity index (χ0n) is 9.53. The summed E-state index contributed by atoms with van der Waals surface area (Å²) in [4.78, 5) is 7.01. The van der Waals surface area contributed by atoms with Crippen LogP contribution in [0.25, 0.3) is 0 Å². The molecule has 0 bridgehead atoms. The molecule has 19 heavy (non-hydrogen) atoms. The van der Waals surface area contributed by atoms with Gasteiger partial charge < -0.3 is 0 Å². The minimum atomic E-state index is -4.34. The molecule has 0 atom stereocenters. The number of rotatable bonds is 1. The summed E-state index contributed by atoms with van der Waals surface area (Å²) in [5.41, 5.74) is -0.297. The van der Waals surface area contributed by atoms with Gasteiger partial charge in [0, 0.05) is 12.4 Å². The third kappa shape index (κ3) is 5.65. The molecule has 2 aromatic heterocycles. The van der Waals surface area contributed by atoms with Crippen molar-refractivity contribution in [2.24, 2.45) is 0 Å². The van der Waals surface area contributed by atoms with Crippen LogP contribution in [-0.2, 0) is 12.9 Å². The third-order valence-corrected chi connectivity index (χ3v) is 2.14. The highest BCUT2D eigenvalue weighted by molar-refractivity contribution is 6.29. The number of pyridine rings is 2. The lowest BCUT2D eigenvalue weighted by Crippen LogP contribution is -2.04. The number of alkyl halides is 4. The van der Waals surface area contributed by atoms with E-state index in [0.29, 0.717) is 11.9 Å². The molecule has 0 radical (unpaired) electrons. The maximum absolute atomic E-state index is 11.8. The van der Waals surface area contributed by atoms with Gasteiger partial charge in [0.1, 0.15) is 11.8 Å². The SMILES string of the molecule is FC(F)(F)c1ccc(Cl)nc1.FCc1ccccn1. The van der Waals surface area contributed by atoms with Gasteiger partial charge in [-0.1, -0.05) is 17.7 Å². The molecule has 0 saturated carbocycles. The normalized spacial score (nSPS) is 10.6. The van der Waals surface area contributed by atoms with Gasteiger partial charge in [0.25, 0.3) is 0 Å². The Balaban J connectivity index is 0.000000200. The van der Waals surface area contributed by atoms with E-state index < -0.39 is 18.4 Å². The average molecular weight is 293 g/mol. The van der Waals surface area contributed by atoms with Crippen molar-refractivity contribution in [3.05, 3.63) is 59.1 Å². The Bertz CT molecular complexity index is 485. The lowest BCUT2D eigenvalue weighted by molar-refractivity contribution is -0.137. The van der Waals surface area contributed by atoms with E-state index in [9.17, 15) is 17.6 Å². The van der Waals surface area contributed by atoms with E-state index in [2.05, 4.69) is 9.97 Å². The Morgan fingerprint density at radius 3 is 2.16 bits per heavy atom. The number of hydrogen-bond donors (Lipinski definition) is 0. The monoisotopic (exact) mass is 292 g/mol. The first kappa shape index (κ1) is 15.4. The summed E-state index contributed by atoms with van der Waals surface area (Å²) in [5, 5.41) is 0.0537. The molecule has 0 aliphatic carbocycles. The molecule has 0 fully saturated rings. The number of nitrogens with zero attached hydrogens (tertiary/aromatic N) is 2. The van der Waals surface area contributed by atoms with Crippen LogP contribution in [0, 0.1) is 0 Å². The minimum Gasteiger partial charge on any atom is -0.259 e. The van der Waals surface area contributed by atoms with Gasteiger partial charge in [-0.2, -0.15) is 13.2 Å². The Kier molecular flexibility index (Phi) is 5.69. The highest BCUT2D eigenvalue weighted by Gasteiger charge is 2.30. The van der Waals surface area contributed by atoms with Crippen molar-refractivity contribution < 1.29 is 17.6 Å². The molecule has 2 aromatic rings. The fraction of sp³-hybridized carbons (Fsp3) is 0.167. The van der Waals surface area contributed by atoms with Crippen LogP contribution >= 0.6 is 11.6 Å². The van der Waals surface area contributed by atoms with Crippen molar-refractivity contribution in [2.75, 3.05) is 0 Å². The summed E-state index contributed by atoms with van der Waals surface area (Å²) in [6, 6.07) is 7.17. The second kappa shape index (κ2) is 7.04. The molecule has 0 aliphatic heterocycles. The van der Waals surface area contributed by atoms with Crippen molar-refractivity contribution in [2.45, 2.75) is 12.9 Å². The van der Waals surface area contributed by atoms with Gasteiger partial charge in [0.05, 0.1) is 11.3 Å². The van der Waals surface area contributed by atoms with Crippen LogP contribution in [-0.4, -0.2) is 9.97 Å². The van der Waals surface area contributed by atoms with E-state index in [1.165, 1.54) is 0 Å². The van der Waals surface area contributed by atoms with E-state index >= 15 is 0 Å². The number of aromatic nitrogens is 2. The molecule has 0 amide bonds. The molecule has 7 heteroatoms. The van der Waals surface area contributed by atoms with Gasteiger partial charge in [-0.05, 0) is 24.3 Å². The van der Waals surface area contributed by atoms with Crippen LogP contribution in [0.15, 0.2) is 42.7 Å². The van der Waals surface area contributed by atoms with E-state index in [0.717, 1.165) is 12.1 Å². The molecule has 102 valence electrons.